The van der Waals surface area contributed by atoms with Gasteiger partial charge in [-0.05, 0) is 12.8 Å². The van der Waals surface area contributed by atoms with Crippen molar-refractivity contribution in [3.8, 4) is 11.5 Å². The maximum atomic E-state index is 11.2. The summed E-state index contributed by atoms with van der Waals surface area (Å²) in [6.45, 7) is 4.58. The molecule has 0 saturated carbocycles. The van der Waals surface area contributed by atoms with Crippen LogP contribution in [0.3, 0.4) is 0 Å². The van der Waals surface area contributed by atoms with Gasteiger partial charge in [0.2, 0.25) is 0 Å². The topological polar surface area (TPSA) is 109 Å². The number of aromatic nitrogens is 1. The van der Waals surface area contributed by atoms with E-state index in [0.717, 1.165) is 12.8 Å². The van der Waals surface area contributed by atoms with Crippen molar-refractivity contribution in [1.29, 1.82) is 0 Å². The molecule has 0 radical (unpaired) electrons. The molecule has 110 valence electrons. The Morgan fingerprint density at radius 1 is 1.05 bits per heavy atom. The second-order valence-electron chi connectivity index (χ2n) is 4.93. The Morgan fingerprint density at radius 3 is 1.75 bits per heavy atom. The normalized spacial score (nSPS) is 16.5. The summed E-state index contributed by atoms with van der Waals surface area (Å²) < 4.78 is 11.1. The molecule has 2 heterocycles. The van der Waals surface area contributed by atoms with Crippen LogP contribution in [0, 0.1) is 5.41 Å². The van der Waals surface area contributed by atoms with Gasteiger partial charge >= 0.3 is 11.9 Å². The second kappa shape index (κ2) is 5.07. The lowest BCUT2D eigenvalue weighted by molar-refractivity contribution is 0.0669. The number of carbonyl (C=O) groups is 2. The van der Waals surface area contributed by atoms with Crippen LogP contribution in [-0.4, -0.2) is 40.3 Å². The summed E-state index contributed by atoms with van der Waals surface area (Å²) >= 11 is 0. The number of carboxylic acids is 2. The minimum atomic E-state index is -1.28. The third-order valence-corrected chi connectivity index (χ3v) is 3.88. The molecule has 3 N–H and O–H groups in total. The molecule has 0 atom stereocenters. The molecule has 1 aromatic rings. The monoisotopic (exact) mass is 283 g/mol. The van der Waals surface area contributed by atoms with Gasteiger partial charge in [-0.3, -0.25) is 0 Å². The summed E-state index contributed by atoms with van der Waals surface area (Å²) in [6, 6.07) is 0. The fraction of sp³-hybridized carbons (Fsp3) is 0.538. The van der Waals surface area contributed by atoms with Gasteiger partial charge in [0, 0.05) is 5.41 Å². The maximum Gasteiger partial charge on any atom is 0.356 e. The molecule has 0 aromatic carbocycles. The molecule has 0 amide bonds. The number of hydrogen-bond donors (Lipinski definition) is 3. The Bertz CT molecular complexity index is 501. The number of carboxylic acid groups (broad SMARTS) is 2. The zero-order chi connectivity index (χ0) is 14.9. The molecule has 7 heteroatoms. The van der Waals surface area contributed by atoms with Crippen LogP contribution in [0.1, 0.15) is 47.7 Å². The van der Waals surface area contributed by atoms with Crippen LogP contribution in [-0.2, 0) is 0 Å². The van der Waals surface area contributed by atoms with E-state index in [9.17, 15) is 9.59 Å². The van der Waals surface area contributed by atoms with E-state index >= 15 is 0 Å². The van der Waals surface area contributed by atoms with Gasteiger partial charge in [-0.1, -0.05) is 13.8 Å². The fourth-order valence-corrected chi connectivity index (χ4v) is 2.19. The number of H-pyrrole nitrogens is 1. The van der Waals surface area contributed by atoms with Gasteiger partial charge in [0.15, 0.2) is 22.9 Å². The quantitative estimate of drug-likeness (QED) is 0.779. The molecule has 20 heavy (non-hydrogen) atoms. The van der Waals surface area contributed by atoms with Crippen LogP contribution in [0.5, 0.6) is 11.5 Å². The largest absolute Gasteiger partial charge is 0.487 e. The van der Waals surface area contributed by atoms with E-state index in [4.69, 9.17) is 19.7 Å². The molecule has 1 aliphatic heterocycles. The summed E-state index contributed by atoms with van der Waals surface area (Å²) in [5.41, 5.74) is -0.821. The number of aromatic amines is 1. The Balaban J connectivity index is 2.46. The first-order valence-electron chi connectivity index (χ1n) is 6.42. The van der Waals surface area contributed by atoms with Crippen molar-refractivity contribution in [2.75, 3.05) is 13.2 Å². The third kappa shape index (κ3) is 2.19. The highest BCUT2D eigenvalue weighted by Gasteiger charge is 2.37. The molecule has 1 aliphatic rings. The summed E-state index contributed by atoms with van der Waals surface area (Å²) in [6.07, 6.45) is 1.59. The second-order valence-corrected chi connectivity index (χ2v) is 4.93. The van der Waals surface area contributed by atoms with E-state index in [1.807, 2.05) is 13.8 Å². The highest BCUT2D eigenvalue weighted by molar-refractivity contribution is 5.97. The average Bonchev–Trinajstić information content (AvgIpc) is 2.69. The molecule has 1 aromatic heterocycles. The summed E-state index contributed by atoms with van der Waals surface area (Å²) in [4.78, 5) is 24.7. The van der Waals surface area contributed by atoms with E-state index in [-0.39, 0.29) is 28.3 Å². The van der Waals surface area contributed by atoms with Crippen molar-refractivity contribution in [2.24, 2.45) is 5.41 Å². The smallest absolute Gasteiger partial charge is 0.356 e. The molecule has 0 spiro atoms. The summed E-state index contributed by atoms with van der Waals surface area (Å²) in [5, 5.41) is 18.2. The van der Waals surface area contributed by atoms with E-state index < -0.39 is 11.9 Å². The minimum Gasteiger partial charge on any atom is -0.487 e. The molecule has 0 unspecified atom stereocenters. The number of nitrogens with one attached hydrogen (secondary N) is 1. The lowest BCUT2D eigenvalue weighted by Crippen LogP contribution is -2.32. The molecule has 0 aliphatic carbocycles. The fourth-order valence-electron chi connectivity index (χ4n) is 2.19. The number of hydrogen-bond acceptors (Lipinski definition) is 4. The minimum absolute atomic E-state index is 0.0290. The van der Waals surface area contributed by atoms with Gasteiger partial charge < -0.3 is 24.7 Å². The van der Waals surface area contributed by atoms with Gasteiger partial charge in [-0.25, -0.2) is 9.59 Å². The Morgan fingerprint density at radius 2 is 1.45 bits per heavy atom. The van der Waals surface area contributed by atoms with Gasteiger partial charge in [-0.15, -0.1) is 0 Å². The highest BCUT2D eigenvalue weighted by atomic mass is 16.5. The highest BCUT2D eigenvalue weighted by Crippen LogP contribution is 2.41. The first kappa shape index (κ1) is 14.2. The predicted octanol–water partition coefficient (Wildman–Crippen LogP) is 1.99. The molecule has 7 nitrogen and oxygen atoms in total. The van der Waals surface area contributed by atoms with Crippen LogP contribution in [0.15, 0.2) is 0 Å². The lowest BCUT2D eigenvalue weighted by atomic mass is 9.84. The Kier molecular flexibility index (Phi) is 3.61. The number of fused-ring (bicyclic) bond motifs is 1. The summed E-state index contributed by atoms with van der Waals surface area (Å²) in [5.74, 6) is -2.62. The maximum absolute atomic E-state index is 11.2. The Labute approximate surface area is 115 Å². The average molecular weight is 283 g/mol. The van der Waals surface area contributed by atoms with Gasteiger partial charge in [0.1, 0.15) is 0 Å². The Hall–Kier alpha value is -2.18. The standard InChI is InChI=1S/C13H17NO6/c1-3-13(4-2)5-19-9-7(11(15)16)14-8(12(17)18)10(9)20-6-13/h14H,3-6H2,1-2H3,(H,15,16)(H,17,18). The van der Waals surface area contributed by atoms with Crippen molar-refractivity contribution in [2.45, 2.75) is 26.7 Å². The van der Waals surface area contributed by atoms with Gasteiger partial charge in [0.05, 0.1) is 13.2 Å². The molecule has 0 fully saturated rings. The molecule has 2 rings (SSSR count). The molecule has 0 bridgehead atoms. The first-order chi connectivity index (χ1) is 9.44. The van der Waals surface area contributed by atoms with E-state index in [0.29, 0.717) is 13.2 Å². The van der Waals surface area contributed by atoms with Crippen molar-refractivity contribution in [1.82, 2.24) is 4.98 Å². The SMILES string of the molecule is CCC1(CC)COc2c(C(=O)O)[nH]c(C(=O)O)c2OC1. The van der Waals surface area contributed by atoms with Crippen molar-refractivity contribution in [3.05, 3.63) is 11.4 Å². The van der Waals surface area contributed by atoms with Crippen molar-refractivity contribution < 1.29 is 29.3 Å². The number of ether oxygens (including phenoxy) is 2. The van der Waals surface area contributed by atoms with Crippen LogP contribution in [0.4, 0.5) is 0 Å². The lowest BCUT2D eigenvalue weighted by Gasteiger charge is -2.28. The van der Waals surface area contributed by atoms with Crippen molar-refractivity contribution in [3.63, 3.8) is 0 Å². The summed E-state index contributed by atoms with van der Waals surface area (Å²) in [7, 11) is 0. The first-order valence-corrected chi connectivity index (χ1v) is 6.42. The van der Waals surface area contributed by atoms with E-state index in [1.54, 1.807) is 0 Å². The third-order valence-electron chi connectivity index (χ3n) is 3.88. The van der Waals surface area contributed by atoms with Gasteiger partial charge in [0.25, 0.3) is 0 Å². The zero-order valence-electron chi connectivity index (χ0n) is 11.4. The van der Waals surface area contributed by atoms with Crippen LogP contribution in [0.2, 0.25) is 0 Å². The van der Waals surface area contributed by atoms with E-state index in [2.05, 4.69) is 4.98 Å². The zero-order valence-corrected chi connectivity index (χ0v) is 11.4. The van der Waals surface area contributed by atoms with Gasteiger partial charge in [-0.2, -0.15) is 0 Å². The van der Waals surface area contributed by atoms with E-state index in [1.165, 1.54) is 0 Å². The van der Waals surface area contributed by atoms with Crippen LogP contribution >= 0.6 is 0 Å². The molecular weight excluding hydrogens is 266 g/mol. The molecule has 0 saturated heterocycles. The number of rotatable bonds is 4. The van der Waals surface area contributed by atoms with Crippen LogP contribution in [0.25, 0.3) is 0 Å². The number of aromatic carboxylic acids is 2. The molecular formula is C13H17NO6. The van der Waals surface area contributed by atoms with Crippen LogP contribution < -0.4 is 9.47 Å². The van der Waals surface area contributed by atoms with Crippen molar-refractivity contribution >= 4 is 11.9 Å². The predicted molar refractivity (Wildman–Crippen MR) is 68.7 cm³/mol.